The lowest BCUT2D eigenvalue weighted by atomic mass is 9.69. The van der Waals surface area contributed by atoms with Crippen molar-refractivity contribution in [3.05, 3.63) is 153 Å². The van der Waals surface area contributed by atoms with Gasteiger partial charge in [-0.2, -0.15) is 0 Å². The molecule has 3 fully saturated rings. The first-order valence-corrected chi connectivity index (χ1v) is 22.9. The fraction of sp³-hybridized carbons (Fsp3) is 0.392. The summed E-state index contributed by atoms with van der Waals surface area (Å²) in [6.07, 6.45) is 4.61. The molecule has 1 spiro atoms. The summed E-state index contributed by atoms with van der Waals surface area (Å²) in [5.41, 5.74) is 13.3. The maximum absolute atomic E-state index is 10.3. The Hall–Kier alpha value is -5.25. The van der Waals surface area contributed by atoms with Crippen LogP contribution in [0.2, 0.25) is 0 Å². The Labute approximate surface area is 358 Å². The van der Waals surface area contributed by atoms with E-state index in [9.17, 15) is 5.11 Å². The number of piperidine rings is 1. The molecule has 5 aliphatic rings. The number of anilines is 2. The molecule has 4 aromatic carbocycles. The van der Waals surface area contributed by atoms with Gasteiger partial charge in [0.15, 0.2) is 5.82 Å². The van der Waals surface area contributed by atoms with Crippen LogP contribution in [0, 0.1) is 32.1 Å². The van der Waals surface area contributed by atoms with Gasteiger partial charge in [0.2, 0.25) is 0 Å². The van der Waals surface area contributed by atoms with Gasteiger partial charge in [0.25, 0.3) is 0 Å². The van der Waals surface area contributed by atoms with Crippen molar-refractivity contribution < 1.29 is 5.11 Å². The topological polar surface area (TPSA) is 73.0 Å². The number of likely N-dealkylation sites (tertiary alicyclic amines) is 1. The van der Waals surface area contributed by atoms with Gasteiger partial charge >= 0.3 is 0 Å². The van der Waals surface area contributed by atoms with Gasteiger partial charge < -0.3 is 19.8 Å². The van der Waals surface area contributed by atoms with E-state index in [2.05, 4.69) is 135 Å². The number of thiophene rings is 1. The molecule has 0 bridgehead atoms. The van der Waals surface area contributed by atoms with E-state index in [1.807, 2.05) is 30.4 Å². The minimum Gasteiger partial charge on any atom is -0.508 e. The average Bonchev–Trinajstić information content (AvgIpc) is 3.73. The number of aromatic nitrogens is 3. The summed E-state index contributed by atoms with van der Waals surface area (Å²) in [5, 5.41) is 20.4. The van der Waals surface area contributed by atoms with Crippen LogP contribution in [0.3, 0.4) is 0 Å². The van der Waals surface area contributed by atoms with Gasteiger partial charge in [0, 0.05) is 84.5 Å². The Kier molecular flexibility index (Phi) is 9.26. The number of phenolic OH excluding ortho intramolecular Hbond substituents is 1. The molecular formula is C51H55N7OS. The van der Waals surface area contributed by atoms with Crippen molar-refractivity contribution >= 4 is 28.4 Å². The zero-order valence-electron chi connectivity index (χ0n) is 35.3. The van der Waals surface area contributed by atoms with E-state index in [0.717, 1.165) is 62.3 Å². The van der Waals surface area contributed by atoms with Crippen LogP contribution in [0.5, 0.6) is 5.75 Å². The molecule has 0 unspecified atom stereocenters. The summed E-state index contributed by atoms with van der Waals surface area (Å²) in [4.78, 5) is 14.5. The third-order valence-corrected chi connectivity index (χ3v) is 15.8. The van der Waals surface area contributed by atoms with Gasteiger partial charge in [0.05, 0.1) is 5.71 Å². The standard InChI is InChI=1S/C51H55N7OS/c1-32-34(3)60-50-46(32)48(52-33(2)49-54-53-35(4)58(49)50)39-12-17-42(18-13-39)57-30-51(31-57)28-55(29-51)27-36-22-24-56(25-23-36)41-15-10-38(11-16-41)47-44(37-8-6-5-7-9-37)20-14-40-26-43(59)19-21-45(40)47/h5-13,15-19,21,26,33,36,44,47,59H,14,20,22-25,27-31H2,1-4H3/t33-,44+,47-/m0/s1. The zero-order chi connectivity index (χ0) is 40.7. The predicted molar refractivity (Wildman–Crippen MR) is 244 cm³/mol. The molecule has 0 radical (unpaired) electrons. The number of aromatic hydroxyl groups is 1. The quantitative estimate of drug-likeness (QED) is 0.173. The van der Waals surface area contributed by atoms with E-state index < -0.39 is 0 Å². The van der Waals surface area contributed by atoms with Gasteiger partial charge in [-0.25, -0.2) is 0 Å². The second kappa shape index (κ2) is 14.7. The Balaban J connectivity index is 0.685. The number of rotatable bonds is 7. The van der Waals surface area contributed by atoms with Crippen LogP contribution in [0.25, 0.3) is 5.00 Å². The molecule has 60 heavy (non-hydrogen) atoms. The molecular weight excluding hydrogens is 759 g/mol. The third-order valence-electron chi connectivity index (χ3n) is 14.6. The molecule has 6 aromatic rings. The molecule has 4 aliphatic heterocycles. The van der Waals surface area contributed by atoms with Crippen LogP contribution in [0.4, 0.5) is 11.4 Å². The normalized spacial score (nSPS) is 22.3. The van der Waals surface area contributed by atoms with Crippen molar-refractivity contribution in [3.8, 4) is 10.8 Å². The van der Waals surface area contributed by atoms with E-state index in [1.165, 1.54) is 92.7 Å². The molecule has 11 rings (SSSR count). The Morgan fingerprint density at radius 2 is 1.48 bits per heavy atom. The first-order valence-electron chi connectivity index (χ1n) is 22.1. The lowest BCUT2D eigenvalue weighted by molar-refractivity contribution is -0.0323. The summed E-state index contributed by atoms with van der Waals surface area (Å²) in [6.45, 7) is 16.8. The highest BCUT2D eigenvalue weighted by Gasteiger charge is 2.52. The van der Waals surface area contributed by atoms with Crippen molar-refractivity contribution in [3.63, 3.8) is 0 Å². The number of aryl methyl sites for hydroxylation is 3. The number of fused-ring (bicyclic) bond motifs is 4. The fourth-order valence-corrected chi connectivity index (χ4v) is 12.6. The molecule has 2 aromatic heterocycles. The molecule has 1 aliphatic carbocycles. The van der Waals surface area contributed by atoms with Crippen molar-refractivity contribution in [2.75, 3.05) is 55.6 Å². The number of hydrogen-bond acceptors (Lipinski definition) is 8. The SMILES string of the molecule is Cc1sc2c(c1C)C(c1ccc(N3CC4(CN(CC5CCN(c6ccc([C@@H]7c8ccc(O)cc8CC[C@@H]7c7ccccc7)cc6)CC5)C4)C3)cc1)=N[C@@H](C)c1nnc(C)n1-2. The van der Waals surface area contributed by atoms with E-state index in [-0.39, 0.29) is 12.0 Å². The summed E-state index contributed by atoms with van der Waals surface area (Å²) >= 11 is 1.82. The Bertz CT molecular complexity index is 2570. The highest BCUT2D eigenvalue weighted by atomic mass is 32.1. The van der Waals surface area contributed by atoms with E-state index in [4.69, 9.17) is 4.99 Å². The van der Waals surface area contributed by atoms with Crippen LogP contribution in [-0.4, -0.2) is 76.3 Å². The van der Waals surface area contributed by atoms with Crippen LogP contribution in [-0.2, 0) is 6.42 Å². The van der Waals surface area contributed by atoms with Crippen molar-refractivity contribution in [2.24, 2.45) is 16.3 Å². The number of phenols is 1. The summed E-state index contributed by atoms with van der Waals surface area (Å²) in [7, 11) is 0. The molecule has 0 amide bonds. The lowest BCUT2D eigenvalue weighted by Crippen LogP contribution is -2.72. The van der Waals surface area contributed by atoms with Crippen molar-refractivity contribution in [2.45, 2.75) is 71.3 Å². The van der Waals surface area contributed by atoms with Gasteiger partial charge in [-0.05, 0) is 129 Å². The van der Waals surface area contributed by atoms with Crippen LogP contribution >= 0.6 is 11.3 Å². The highest BCUT2D eigenvalue weighted by molar-refractivity contribution is 7.15. The van der Waals surface area contributed by atoms with Gasteiger partial charge in [-0.15, -0.1) is 21.5 Å². The Morgan fingerprint density at radius 1 is 0.767 bits per heavy atom. The average molecular weight is 814 g/mol. The minimum absolute atomic E-state index is 0.0692. The summed E-state index contributed by atoms with van der Waals surface area (Å²) in [5.74, 6) is 3.69. The fourth-order valence-electron chi connectivity index (χ4n) is 11.4. The third kappa shape index (κ3) is 6.47. The zero-order valence-corrected chi connectivity index (χ0v) is 36.1. The molecule has 6 heterocycles. The highest BCUT2D eigenvalue weighted by Crippen LogP contribution is 2.48. The van der Waals surface area contributed by atoms with Gasteiger partial charge in [-0.1, -0.05) is 60.7 Å². The largest absolute Gasteiger partial charge is 0.508 e. The van der Waals surface area contributed by atoms with Gasteiger partial charge in [0.1, 0.15) is 22.6 Å². The Morgan fingerprint density at radius 3 is 2.23 bits per heavy atom. The minimum atomic E-state index is -0.0692. The monoisotopic (exact) mass is 813 g/mol. The lowest BCUT2D eigenvalue weighted by Gasteiger charge is -2.61. The van der Waals surface area contributed by atoms with Gasteiger partial charge in [-0.3, -0.25) is 9.56 Å². The molecule has 9 heteroatoms. The van der Waals surface area contributed by atoms with Crippen molar-refractivity contribution in [1.29, 1.82) is 0 Å². The smallest absolute Gasteiger partial charge is 0.162 e. The first kappa shape index (κ1) is 37.7. The van der Waals surface area contributed by atoms with E-state index in [1.54, 1.807) is 0 Å². The van der Waals surface area contributed by atoms with Crippen LogP contribution in [0.1, 0.15) is 99.5 Å². The molecule has 0 saturated carbocycles. The molecule has 8 nitrogen and oxygen atoms in total. The maximum atomic E-state index is 10.3. The number of hydrogen-bond donors (Lipinski definition) is 1. The molecule has 3 atom stereocenters. The number of aliphatic imine (C=N–C) groups is 1. The van der Waals surface area contributed by atoms with E-state index >= 15 is 0 Å². The second-order valence-corrected chi connectivity index (χ2v) is 19.8. The summed E-state index contributed by atoms with van der Waals surface area (Å²) < 4.78 is 2.21. The van der Waals surface area contributed by atoms with Crippen LogP contribution in [0.15, 0.2) is 102 Å². The first-order chi connectivity index (χ1) is 29.2. The number of benzene rings is 4. The molecule has 306 valence electrons. The van der Waals surface area contributed by atoms with Crippen LogP contribution < -0.4 is 9.80 Å². The van der Waals surface area contributed by atoms with E-state index in [0.29, 0.717) is 17.1 Å². The number of nitrogens with zero attached hydrogens (tertiary/aromatic N) is 7. The summed E-state index contributed by atoms with van der Waals surface area (Å²) in [6, 6.07) is 35.6. The predicted octanol–water partition coefficient (Wildman–Crippen LogP) is 9.77. The molecule has 3 saturated heterocycles. The molecule has 1 N–H and O–H groups in total. The second-order valence-electron chi connectivity index (χ2n) is 18.6. The maximum Gasteiger partial charge on any atom is 0.162 e. The van der Waals surface area contributed by atoms with Crippen molar-refractivity contribution in [1.82, 2.24) is 19.7 Å².